The molecular formula is C15H16ClNO2S. The van der Waals surface area contributed by atoms with Crippen LogP contribution in [-0.4, -0.2) is 13.2 Å². The van der Waals surface area contributed by atoms with Gasteiger partial charge in [-0.25, -0.2) is 0 Å². The van der Waals surface area contributed by atoms with Crippen molar-refractivity contribution in [2.45, 2.75) is 19.9 Å². The van der Waals surface area contributed by atoms with Crippen LogP contribution in [0.25, 0.3) is 0 Å². The summed E-state index contributed by atoms with van der Waals surface area (Å²) in [7, 11) is 0. The van der Waals surface area contributed by atoms with Crippen molar-refractivity contribution in [2.75, 3.05) is 18.5 Å². The molecule has 0 aliphatic carbocycles. The van der Waals surface area contributed by atoms with E-state index in [1.165, 1.54) is 9.75 Å². The van der Waals surface area contributed by atoms with Crippen LogP contribution in [0.1, 0.15) is 22.7 Å². The molecule has 0 bridgehead atoms. The molecule has 0 spiro atoms. The summed E-state index contributed by atoms with van der Waals surface area (Å²) in [6.45, 7) is 5.38. The predicted molar refractivity (Wildman–Crippen MR) is 83.5 cm³/mol. The Balaban J connectivity index is 1.83. The van der Waals surface area contributed by atoms with Gasteiger partial charge in [0.25, 0.3) is 0 Å². The van der Waals surface area contributed by atoms with E-state index in [1.54, 1.807) is 11.3 Å². The summed E-state index contributed by atoms with van der Waals surface area (Å²) in [6, 6.07) is 8.19. The van der Waals surface area contributed by atoms with Crippen LogP contribution < -0.4 is 14.8 Å². The second-order valence-electron chi connectivity index (χ2n) is 4.79. The molecule has 2 heterocycles. The van der Waals surface area contributed by atoms with Crippen molar-refractivity contribution in [3.05, 3.63) is 39.0 Å². The Morgan fingerprint density at radius 2 is 1.90 bits per heavy atom. The number of benzene rings is 1. The van der Waals surface area contributed by atoms with Gasteiger partial charge in [-0.2, -0.15) is 0 Å². The Morgan fingerprint density at radius 1 is 1.20 bits per heavy atom. The van der Waals surface area contributed by atoms with Crippen LogP contribution in [-0.2, 0) is 0 Å². The summed E-state index contributed by atoms with van der Waals surface area (Å²) in [5.41, 5.74) is 0.870. The smallest absolute Gasteiger partial charge is 0.163 e. The Kier molecular flexibility index (Phi) is 3.76. The molecule has 3 nitrogen and oxygen atoms in total. The molecule has 0 fully saturated rings. The van der Waals surface area contributed by atoms with E-state index in [0.717, 1.165) is 11.4 Å². The number of anilines is 1. The van der Waals surface area contributed by atoms with Crippen LogP contribution in [0.3, 0.4) is 0 Å². The van der Waals surface area contributed by atoms with Crippen LogP contribution >= 0.6 is 22.9 Å². The number of hydrogen-bond donors (Lipinski definition) is 1. The Bertz CT molecular complexity index is 626. The third-order valence-corrected chi connectivity index (χ3v) is 4.69. The third kappa shape index (κ3) is 2.72. The van der Waals surface area contributed by atoms with E-state index in [2.05, 4.69) is 31.3 Å². The molecule has 0 radical (unpaired) electrons. The molecule has 1 aromatic heterocycles. The van der Waals surface area contributed by atoms with Gasteiger partial charge in [-0.1, -0.05) is 11.6 Å². The fourth-order valence-corrected chi connectivity index (χ4v) is 3.25. The number of thiophene rings is 1. The summed E-state index contributed by atoms with van der Waals surface area (Å²) in [5.74, 6) is 1.46. The lowest BCUT2D eigenvalue weighted by Gasteiger charge is -2.21. The molecule has 106 valence electrons. The van der Waals surface area contributed by atoms with Crippen molar-refractivity contribution >= 4 is 28.6 Å². The average Bonchev–Trinajstić information content (AvgIpc) is 2.86. The number of ether oxygens (including phenoxy) is 2. The van der Waals surface area contributed by atoms with Gasteiger partial charge in [0.15, 0.2) is 11.5 Å². The van der Waals surface area contributed by atoms with Gasteiger partial charge < -0.3 is 14.8 Å². The maximum absolute atomic E-state index is 6.30. The number of nitrogens with one attached hydrogen (secondary N) is 1. The first kappa shape index (κ1) is 13.6. The standard InChI is InChI=1S/C15H16ClNO2S/c1-9-3-4-15(20-9)10(2)17-12-8-14-13(7-11(12)16)18-5-6-19-14/h3-4,7-8,10,17H,5-6H2,1-2H3. The highest BCUT2D eigenvalue weighted by Crippen LogP contribution is 2.39. The zero-order chi connectivity index (χ0) is 14.1. The van der Waals surface area contributed by atoms with Crippen LogP contribution in [0.15, 0.2) is 24.3 Å². The highest BCUT2D eigenvalue weighted by Gasteiger charge is 2.17. The Morgan fingerprint density at radius 3 is 2.55 bits per heavy atom. The largest absolute Gasteiger partial charge is 0.486 e. The molecule has 0 saturated carbocycles. The zero-order valence-corrected chi connectivity index (χ0v) is 13.0. The maximum Gasteiger partial charge on any atom is 0.163 e. The van der Waals surface area contributed by atoms with Crippen molar-refractivity contribution in [3.63, 3.8) is 0 Å². The summed E-state index contributed by atoms with van der Waals surface area (Å²) in [6.07, 6.45) is 0. The van der Waals surface area contributed by atoms with E-state index >= 15 is 0 Å². The summed E-state index contributed by atoms with van der Waals surface area (Å²) >= 11 is 8.09. The summed E-state index contributed by atoms with van der Waals surface area (Å²) in [5, 5.41) is 4.08. The van der Waals surface area contributed by atoms with E-state index in [4.69, 9.17) is 21.1 Å². The van der Waals surface area contributed by atoms with Gasteiger partial charge >= 0.3 is 0 Å². The van der Waals surface area contributed by atoms with Crippen LogP contribution in [0.5, 0.6) is 11.5 Å². The average molecular weight is 310 g/mol. The first-order valence-electron chi connectivity index (χ1n) is 6.55. The third-order valence-electron chi connectivity index (χ3n) is 3.19. The Hall–Kier alpha value is -1.39. The normalized spacial score (nSPS) is 14.9. The minimum atomic E-state index is 0.203. The van der Waals surface area contributed by atoms with Gasteiger partial charge in [0, 0.05) is 21.9 Å². The number of fused-ring (bicyclic) bond motifs is 1. The van der Waals surface area contributed by atoms with Crippen molar-refractivity contribution in [1.82, 2.24) is 0 Å². The minimum Gasteiger partial charge on any atom is -0.486 e. The predicted octanol–water partition coefficient (Wildman–Crippen LogP) is 4.65. The van der Waals surface area contributed by atoms with Crippen LogP contribution in [0.4, 0.5) is 5.69 Å². The van der Waals surface area contributed by atoms with E-state index in [0.29, 0.717) is 24.0 Å². The van der Waals surface area contributed by atoms with E-state index < -0.39 is 0 Å². The topological polar surface area (TPSA) is 30.5 Å². The van der Waals surface area contributed by atoms with Gasteiger partial charge in [0.05, 0.1) is 16.8 Å². The van der Waals surface area contributed by atoms with Crippen molar-refractivity contribution in [2.24, 2.45) is 0 Å². The first-order valence-corrected chi connectivity index (χ1v) is 7.75. The maximum atomic E-state index is 6.30. The Labute approximate surface area is 127 Å². The van der Waals surface area contributed by atoms with Gasteiger partial charge in [0.2, 0.25) is 0 Å². The lowest BCUT2D eigenvalue weighted by molar-refractivity contribution is 0.171. The van der Waals surface area contributed by atoms with Crippen molar-refractivity contribution in [1.29, 1.82) is 0 Å². The zero-order valence-electron chi connectivity index (χ0n) is 11.4. The molecule has 1 N–H and O–H groups in total. The summed E-state index contributed by atoms with van der Waals surface area (Å²) < 4.78 is 11.1. The molecule has 2 aromatic rings. The lowest BCUT2D eigenvalue weighted by atomic mass is 10.2. The van der Waals surface area contributed by atoms with Gasteiger partial charge in [-0.05, 0) is 26.0 Å². The molecular weight excluding hydrogens is 294 g/mol. The molecule has 20 heavy (non-hydrogen) atoms. The molecule has 1 aliphatic heterocycles. The lowest BCUT2D eigenvalue weighted by Crippen LogP contribution is -2.16. The van der Waals surface area contributed by atoms with Gasteiger partial charge in [0.1, 0.15) is 13.2 Å². The second-order valence-corrected chi connectivity index (χ2v) is 6.52. The van der Waals surface area contributed by atoms with Crippen LogP contribution in [0.2, 0.25) is 5.02 Å². The van der Waals surface area contributed by atoms with E-state index in [9.17, 15) is 0 Å². The highest BCUT2D eigenvalue weighted by atomic mass is 35.5. The molecule has 3 rings (SSSR count). The molecule has 0 amide bonds. The number of halogens is 1. The van der Waals surface area contributed by atoms with Crippen LogP contribution in [0, 0.1) is 6.92 Å². The van der Waals surface area contributed by atoms with E-state index in [-0.39, 0.29) is 6.04 Å². The molecule has 1 aromatic carbocycles. The van der Waals surface area contributed by atoms with Crippen molar-refractivity contribution in [3.8, 4) is 11.5 Å². The van der Waals surface area contributed by atoms with Gasteiger partial charge in [-0.15, -0.1) is 11.3 Å². The van der Waals surface area contributed by atoms with E-state index in [1.807, 2.05) is 12.1 Å². The SMILES string of the molecule is Cc1ccc(C(C)Nc2cc3c(cc2Cl)OCCO3)s1. The first-order chi connectivity index (χ1) is 9.63. The number of hydrogen-bond acceptors (Lipinski definition) is 4. The number of aryl methyl sites for hydroxylation is 1. The minimum absolute atomic E-state index is 0.203. The quantitative estimate of drug-likeness (QED) is 0.895. The summed E-state index contributed by atoms with van der Waals surface area (Å²) in [4.78, 5) is 2.59. The molecule has 1 atom stereocenters. The monoisotopic (exact) mass is 309 g/mol. The highest BCUT2D eigenvalue weighted by molar-refractivity contribution is 7.12. The second kappa shape index (κ2) is 5.54. The van der Waals surface area contributed by atoms with Gasteiger partial charge in [-0.3, -0.25) is 0 Å². The molecule has 1 aliphatic rings. The fraction of sp³-hybridized carbons (Fsp3) is 0.333. The fourth-order valence-electron chi connectivity index (χ4n) is 2.17. The molecule has 0 saturated heterocycles. The number of rotatable bonds is 3. The van der Waals surface area contributed by atoms with Crippen molar-refractivity contribution < 1.29 is 9.47 Å². The molecule has 1 unspecified atom stereocenters. The molecule has 5 heteroatoms.